The molecule has 17 nitrogen and oxygen atoms in total. The van der Waals surface area contributed by atoms with Gasteiger partial charge >= 0.3 is 11.7 Å². The Morgan fingerprint density at radius 3 is 2.40 bits per heavy atom. The maximum atomic E-state index is 13.5. The van der Waals surface area contributed by atoms with Crippen molar-refractivity contribution in [3.8, 4) is 0 Å². The van der Waals surface area contributed by atoms with E-state index in [1.807, 2.05) is 6.92 Å². The molecule has 308 valence electrons. The lowest BCUT2D eigenvalue weighted by Gasteiger charge is -2.35. The molecular formula is C38H59N5O12. The normalized spacial score (nSPS) is 29.2. The minimum Gasteiger partial charge on any atom is -0.482 e. The molecule has 4 rings (SSSR count). The third kappa shape index (κ3) is 11.7. The maximum Gasteiger partial charge on any atom is 0.330 e. The summed E-state index contributed by atoms with van der Waals surface area (Å²) in [4.78, 5) is 79.6. The fourth-order valence-electron chi connectivity index (χ4n) is 7.45. The number of nitrogens with two attached hydrogens (primary N) is 1. The second-order valence-corrected chi connectivity index (χ2v) is 15.1. The molecule has 17 heteroatoms. The average Bonchev–Trinajstić information content (AvgIpc) is 3.40. The van der Waals surface area contributed by atoms with Gasteiger partial charge in [-0.1, -0.05) is 65.2 Å². The van der Waals surface area contributed by atoms with Crippen molar-refractivity contribution in [3.63, 3.8) is 0 Å². The number of rotatable bonds is 19. The molecule has 0 aromatic carbocycles. The van der Waals surface area contributed by atoms with E-state index in [2.05, 4.69) is 22.5 Å². The molecule has 0 saturated carbocycles. The number of H-pyrrole nitrogens is 1. The van der Waals surface area contributed by atoms with Crippen LogP contribution in [0.15, 0.2) is 33.7 Å². The Morgan fingerprint density at radius 1 is 1.05 bits per heavy atom. The van der Waals surface area contributed by atoms with Crippen LogP contribution in [-0.2, 0) is 38.1 Å². The molecule has 2 fully saturated rings. The minimum atomic E-state index is -1.62. The monoisotopic (exact) mass is 777 g/mol. The van der Waals surface area contributed by atoms with Crippen LogP contribution in [0.4, 0.5) is 0 Å². The number of hydrogen-bond donors (Lipinski definition) is 6. The number of carbonyl (C=O) groups is 4. The highest BCUT2D eigenvalue weighted by molar-refractivity contribution is 5.95. The topological polar surface area (TPSA) is 251 Å². The Balaban J connectivity index is 1.51. The Kier molecular flexibility index (Phi) is 16.5. The predicted octanol–water partition coefficient (Wildman–Crippen LogP) is 1.20. The largest absolute Gasteiger partial charge is 0.482 e. The molecule has 11 atom stereocenters. The number of carbonyl (C=O) groups excluding carboxylic acids is 4. The van der Waals surface area contributed by atoms with Crippen LogP contribution in [0.25, 0.3) is 0 Å². The van der Waals surface area contributed by atoms with E-state index in [0.29, 0.717) is 19.3 Å². The molecule has 2 saturated heterocycles. The molecule has 3 amide bonds. The number of methoxy groups -OCH3 is 1. The van der Waals surface area contributed by atoms with Gasteiger partial charge in [-0.3, -0.25) is 33.5 Å². The first kappa shape index (κ1) is 43.7. The summed E-state index contributed by atoms with van der Waals surface area (Å²) >= 11 is 0. The van der Waals surface area contributed by atoms with Gasteiger partial charge < -0.3 is 45.5 Å². The second kappa shape index (κ2) is 20.7. The van der Waals surface area contributed by atoms with Crippen molar-refractivity contribution in [1.29, 1.82) is 0 Å². The lowest BCUT2D eigenvalue weighted by molar-refractivity contribution is -0.164. The number of unbranched alkanes of at least 4 members (excludes halogenated alkanes) is 7. The summed E-state index contributed by atoms with van der Waals surface area (Å²) < 4.78 is 24.8. The summed E-state index contributed by atoms with van der Waals surface area (Å²) in [7, 11) is 1.30. The lowest BCUT2D eigenvalue weighted by Crippen LogP contribution is -2.51. The van der Waals surface area contributed by atoms with E-state index in [-0.39, 0.29) is 17.7 Å². The van der Waals surface area contributed by atoms with E-state index in [4.69, 9.17) is 24.7 Å². The molecule has 1 aromatic rings. The Bertz CT molecular complexity index is 1610. The van der Waals surface area contributed by atoms with Gasteiger partial charge in [-0.15, -0.1) is 0 Å². The van der Waals surface area contributed by atoms with Crippen molar-refractivity contribution in [2.45, 2.75) is 159 Å². The van der Waals surface area contributed by atoms with Crippen LogP contribution < -0.4 is 27.6 Å². The van der Waals surface area contributed by atoms with Crippen molar-refractivity contribution in [1.82, 2.24) is 20.2 Å². The maximum absolute atomic E-state index is 13.5. The van der Waals surface area contributed by atoms with Gasteiger partial charge in [-0.05, 0) is 38.7 Å². The average molecular weight is 778 g/mol. The van der Waals surface area contributed by atoms with Crippen molar-refractivity contribution in [3.05, 3.63) is 44.9 Å². The number of primary amides is 1. The van der Waals surface area contributed by atoms with E-state index in [1.54, 1.807) is 6.92 Å². The molecule has 0 aliphatic carbocycles. The van der Waals surface area contributed by atoms with Crippen LogP contribution in [0.2, 0.25) is 0 Å². The molecule has 1 unspecified atom stereocenters. The lowest BCUT2D eigenvalue weighted by atomic mass is 9.87. The second-order valence-electron chi connectivity index (χ2n) is 15.1. The number of nitrogens with zero attached hydrogens (tertiary/aromatic N) is 1. The van der Waals surface area contributed by atoms with Gasteiger partial charge in [-0.25, -0.2) is 4.79 Å². The van der Waals surface area contributed by atoms with Crippen molar-refractivity contribution >= 4 is 23.7 Å². The van der Waals surface area contributed by atoms with E-state index in [0.717, 1.165) is 48.8 Å². The van der Waals surface area contributed by atoms with Gasteiger partial charge in [0.2, 0.25) is 11.8 Å². The fraction of sp³-hybridized carbons (Fsp3) is 0.737. The third-order valence-electron chi connectivity index (χ3n) is 10.7. The number of esters is 1. The molecule has 55 heavy (non-hydrogen) atoms. The molecular weight excluding hydrogens is 718 g/mol. The van der Waals surface area contributed by atoms with Gasteiger partial charge in [0.15, 0.2) is 18.1 Å². The number of aliphatic hydroxyl groups excluding tert-OH is 2. The number of nitrogens with one attached hydrogen (secondary N) is 3. The highest BCUT2D eigenvalue weighted by Gasteiger charge is 2.54. The van der Waals surface area contributed by atoms with E-state index < -0.39 is 96.2 Å². The zero-order chi connectivity index (χ0) is 40.2. The van der Waals surface area contributed by atoms with Gasteiger partial charge in [0.05, 0.1) is 11.8 Å². The zero-order valence-electron chi connectivity index (χ0n) is 32.3. The van der Waals surface area contributed by atoms with Crippen molar-refractivity contribution < 1.29 is 48.3 Å². The standard InChI is InChI=1S/C38H59N5O12/c1-5-6-7-8-9-10-11-12-14-21(2)37(50)55-32-31(52-4)30(54-36(32)43-18-17-28(45)42-38(43)51)23(33(39)47)19-26-29(46)25(44)20-27(53-26)35(49)41-24-16-13-15-22(3)40-34(24)48/h17-18,20-26,29-32,36,44,46H,5-16,19H2,1-4H3,(H2,39,47)(H,40,48)(H,41,49)(H,42,45,51)/t21?,22-,23-,24+,25+,26-,29+,30-,31-,32-,36-/m1/s1. The minimum absolute atomic E-state index is 0.0611. The van der Waals surface area contributed by atoms with Crippen LogP contribution in [-0.4, -0.2) is 99.3 Å². The summed E-state index contributed by atoms with van der Waals surface area (Å²) in [5.41, 5.74) is 4.35. The van der Waals surface area contributed by atoms with Crippen LogP contribution in [0.1, 0.15) is 110 Å². The molecule has 0 spiro atoms. The molecule has 7 N–H and O–H groups in total. The van der Waals surface area contributed by atoms with Crippen LogP contribution in [0.3, 0.4) is 0 Å². The first-order valence-electron chi connectivity index (χ1n) is 19.6. The quantitative estimate of drug-likeness (QED) is 0.0857. The number of hydrogen-bond acceptors (Lipinski definition) is 12. The summed E-state index contributed by atoms with van der Waals surface area (Å²) in [6, 6.07) is 0.170. The predicted molar refractivity (Wildman–Crippen MR) is 198 cm³/mol. The first-order chi connectivity index (χ1) is 26.2. The summed E-state index contributed by atoms with van der Waals surface area (Å²) in [5.74, 6) is -4.94. The number of aliphatic hydroxyl groups is 2. The van der Waals surface area contributed by atoms with Crippen LogP contribution >= 0.6 is 0 Å². The Labute approximate surface area is 320 Å². The molecule has 3 aliphatic rings. The highest BCUT2D eigenvalue weighted by Crippen LogP contribution is 2.39. The Morgan fingerprint density at radius 2 is 1.75 bits per heavy atom. The molecule has 3 aliphatic heterocycles. The van der Waals surface area contributed by atoms with Crippen LogP contribution in [0.5, 0.6) is 0 Å². The first-order valence-corrected chi connectivity index (χ1v) is 19.6. The van der Waals surface area contributed by atoms with Crippen LogP contribution in [0, 0.1) is 11.8 Å². The molecule has 4 heterocycles. The third-order valence-corrected chi connectivity index (χ3v) is 10.7. The fourth-order valence-corrected chi connectivity index (χ4v) is 7.45. The molecule has 0 bridgehead atoms. The number of amides is 3. The van der Waals surface area contributed by atoms with Gasteiger partial charge in [-0.2, -0.15) is 0 Å². The Hall–Kier alpha value is -4.06. The molecule has 1 aromatic heterocycles. The summed E-state index contributed by atoms with van der Waals surface area (Å²) in [5, 5.41) is 27.1. The smallest absolute Gasteiger partial charge is 0.330 e. The number of ether oxygens (including phenoxy) is 4. The van der Waals surface area contributed by atoms with Crippen molar-refractivity contribution in [2.75, 3.05) is 7.11 Å². The highest BCUT2D eigenvalue weighted by atomic mass is 16.6. The van der Waals surface area contributed by atoms with Crippen molar-refractivity contribution in [2.24, 2.45) is 17.6 Å². The van der Waals surface area contributed by atoms with E-state index in [9.17, 15) is 39.0 Å². The molecule has 0 radical (unpaired) electrons. The number of aromatic amines is 1. The van der Waals surface area contributed by atoms with Gasteiger partial charge in [0, 0.05) is 31.8 Å². The number of aromatic nitrogens is 2. The van der Waals surface area contributed by atoms with Gasteiger partial charge in [0.1, 0.15) is 36.6 Å². The summed E-state index contributed by atoms with van der Waals surface area (Å²) in [6.45, 7) is 5.78. The van der Waals surface area contributed by atoms with E-state index in [1.165, 1.54) is 39.0 Å². The van der Waals surface area contributed by atoms with E-state index >= 15 is 0 Å². The summed E-state index contributed by atoms with van der Waals surface area (Å²) in [6.07, 6.45) is 3.14. The van der Waals surface area contributed by atoms with Gasteiger partial charge in [0.25, 0.3) is 11.5 Å². The SMILES string of the molecule is CCCCCCCCCCC(C)C(=O)O[C@@H]1[C@H](OC)[C@@H]([C@@H](C[C@H]2OC(C(=O)N[C@H]3CCC[C@@H](C)NC3=O)=C[C@H](O)[C@@H]2O)C(N)=O)O[C@H]1n1ccc(=O)[nH]c1=O. The zero-order valence-corrected chi connectivity index (χ0v) is 32.3.